The Morgan fingerprint density at radius 1 is 0.265 bits per heavy atom. The van der Waals surface area contributed by atoms with E-state index in [9.17, 15) is 0 Å². The Bertz CT molecular complexity index is 2600. The zero-order valence-corrected chi connectivity index (χ0v) is 27.0. The summed E-state index contributed by atoms with van der Waals surface area (Å²) in [6, 6.07) is 72.5. The first-order valence-corrected chi connectivity index (χ1v) is 16.9. The van der Waals surface area contributed by atoms with Gasteiger partial charge in [0.2, 0.25) is 0 Å². The lowest BCUT2D eigenvalue weighted by molar-refractivity contribution is 1.28. The molecule has 1 heteroatoms. The van der Waals surface area contributed by atoms with Crippen LogP contribution in [0.1, 0.15) is 0 Å². The second-order valence-corrected chi connectivity index (χ2v) is 12.5. The molecule has 0 aliphatic rings. The van der Waals surface area contributed by atoms with Crippen molar-refractivity contribution in [1.29, 1.82) is 0 Å². The Morgan fingerprint density at radius 2 is 0.837 bits per heavy atom. The molecule has 0 fully saturated rings. The van der Waals surface area contributed by atoms with Crippen LogP contribution in [-0.4, -0.2) is 0 Å². The first-order valence-electron chi connectivity index (χ1n) is 16.9. The molecule has 9 aromatic rings. The van der Waals surface area contributed by atoms with Crippen molar-refractivity contribution in [3.05, 3.63) is 200 Å². The number of para-hydroxylation sites is 1. The zero-order chi connectivity index (χ0) is 32.6. The molecule has 9 aromatic carbocycles. The van der Waals surface area contributed by atoms with Gasteiger partial charge in [-0.15, -0.1) is 0 Å². The Balaban J connectivity index is 1.31. The molecule has 0 radical (unpaired) electrons. The average Bonchev–Trinajstić information content (AvgIpc) is 3.18. The molecule has 1 nitrogen and oxygen atoms in total. The van der Waals surface area contributed by atoms with Crippen molar-refractivity contribution in [3.8, 4) is 33.4 Å². The predicted octanol–water partition coefficient (Wildman–Crippen LogP) is 13.6. The Morgan fingerprint density at radius 3 is 1.65 bits per heavy atom. The van der Waals surface area contributed by atoms with Crippen LogP contribution in [0.2, 0.25) is 0 Å². The van der Waals surface area contributed by atoms with Gasteiger partial charge in [0.1, 0.15) is 0 Å². The molecule has 0 unspecified atom stereocenters. The number of benzene rings is 9. The number of anilines is 3. The molecule has 0 saturated carbocycles. The molecular weight excluding hydrogens is 591 g/mol. The van der Waals surface area contributed by atoms with Gasteiger partial charge in [0.05, 0.1) is 5.69 Å². The van der Waals surface area contributed by atoms with E-state index in [2.05, 4.69) is 205 Å². The number of rotatable bonds is 6. The summed E-state index contributed by atoms with van der Waals surface area (Å²) < 4.78 is 0. The summed E-state index contributed by atoms with van der Waals surface area (Å²) in [6.45, 7) is 0. The summed E-state index contributed by atoms with van der Waals surface area (Å²) in [5.74, 6) is 0. The van der Waals surface area contributed by atoms with Crippen LogP contribution in [0.25, 0.3) is 65.7 Å². The van der Waals surface area contributed by atoms with Crippen LogP contribution in [-0.2, 0) is 0 Å². The molecule has 0 N–H and O–H groups in total. The molecule has 230 valence electrons. The molecule has 49 heavy (non-hydrogen) atoms. The highest BCUT2D eigenvalue weighted by molar-refractivity contribution is 6.14. The fourth-order valence-corrected chi connectivity index (χ4v) is 7.33. The lowest BCUT2D eigenvalue weighted by Gasteiger charge is -2.29. The van der Waals surface area contributed by atoms with Gasteiger partial charge >= 0.3 is 0 Å². The average molecular weight is 624 g/mol. The highest BCUT2D eigenvalue weighted by atomic mass is 15.1. The molecule has 0 heterocycles. The largest absolute Gasteiger partial charge is 0.310 e. The molecule has 0 spiro atoms. The van der Waals surface area contributed by atoms with Crippen LogP contribution in [0.3, 0.4) is 0 Å². The zero-order valence-electron chi connectivity index (χ0n) is 27.0. The van der Waals surface area contributed by atoms with E-state index in [0.29, 0.717) is 0 Å². The van der Waals surface area contributed by atoms with Crippen LogP contribution in [0.5, 0.6) is 0 Å². The van der Waals surface area contributed by atoms with E-state index in [0.717, 1.165) is 17.1 Å². The van der Waals surface area contributed by atoms with Gasteiger partial charge in [0.15, 0.2) is 0 Å². The topological polar surface area (TPSA) is 3.24 Å². The van der Waals surface area contributed by atoms with Gasteiger partial charge in [-0.2, -0.15) is 0 Å². The van der Waals surface area contributed by atoms with Crippen molar-refractivity contribution >= 4 is 49.4 Å². The second kappa shape index (κ2) is 12.3. The van der Waals surface area contributed by atoms with E-state index in [1.165, 1.54) is 65.7 Å². The van der Waals surface area contributed by atoms with Gasteiger partial charge in [0.25, 0.3) is 0 Å². The summed E-state index contributed by atoms with van der Waals surface area (Å²) >= 11 is 0. The molecule has 0 aliphatic carbocycles. The van der Waals surface area contributed by atoms with E-state index in [4.69, 9.17) is 0 Å². The van der Waals surface area contributed by atoms with Crippen LogP contribution >= 0.6 is 0 Å². The third-order valence-electron chi connectivity index (χ3n) is 9.62. The Hall–Kier alpha value is -6.44. The lowest BCUT2D eigenvalue weighted by Crippen LogP contribution is -2.11. The second-order valence-electron chi connectivity index (χ2n) is 12.5. The third-order valence-corrected chi connectivity index (χ3v) is 9.62. The van der Waals surface area contributed by atoms with E-state index >= 15 is 0 Å². The van der Waals surface area contributed by atoms with Crippen molar-refractivity contribution in [3.63, 3.8) is 0 Å². The van der Waals surface area contributed by atoms with E-state index < -0.39 is 0 Å². The fourth-order valence-electron chi connectivity index (χ4n) is 7.33. The quantitative estimate of drug-likeness (QED) is 0.167. The summed E-state index contributed by atoms with van der Waals surface area (Å²) in [5.41, 5.74) is 10.5. The first-order chi connectivity index (χ1) is 24.3. The molecule has 0 saturated heterocycles. The monoisotopic (exact) mass is 623 g/mol. The van der Waals surface area contributed by atoms with Gasteiger partial charge < -0.3 is 4.90 Å². The molecule has 0 bridgehead atoms. The summed E-state index contributed by atoms with van der Waals surface area (Å²) in [5, 5.41) is 7.54. The number of nitrogens with zero attached hydrogens (tertiary/aromatic N) is 1. The van der Waals surface area contributed by atoms with Crippen LogP contribution < -0.4 is 4.90 Å². The maximum Gasteiger partial charge on any atom is 0.0546 e. The minimum atomic E-state index is 1.11. The maximum atomic E-state index is 2.42. The summed E-state index contributed by atoms with van der Waals surface area (Å²) in [4.78, 5) is 2.42. The van der Waals surface area contributed by atoms with E-state index in [1.54, 1.807) is 0 Å². The van der Waals surface area contributed by atoms with Crippen LogP contribution in [0.15, 0.2) is 200 Å². The van der Waals surface area contributed by atoms with Gasteiger partial charge in [-0.05, 0) is 96.5 Å². The minimum Gasteiger partial charge on any atom is -0.310 e. The highest BCUT2D eigenvalue weighted by Gasteiger charge is 2.20. The summed E-state index contributed by atoms with van der Waals surface area (Å²) in [6.07, 6.45) is 0. The van der Waals surface area contributed by atoms with Crippen LogP contribution in [0, 0.1) is 0 Å². The maximum absolute atomic E-state index is 2.42. The lowest BCUT2D eigenvalue weighted by atomic mass is 9.91. The number of hydrogen-bond donors (Lipinski definition) is 0. The standard InChI is InChI=1S/C48H33N/c1-3-15-35(16-4-1)44-30-29-38(47-32-37-18-8-10-25-43(37)45-26-11-12-27-46(45)47)33-48(44)49(39-21-5-2-6-22-39)40-23-13-20-36(31-40)42-28-14-19-34-17-7-9-24-41(34)42/h1-33H. The SMILES string of the molecule is c1ccc(-c2ccc(-c3cc4ccccc4c4ccccc34)cc2N(c2ccccc2)c2cccc(-c3cccc4ccccc34)c2)cc1. The molecular formula is C48H33N. The molecule has 9 rings (SSSR count). The van der Waals surface area contributed by atoms with Gasteiger partial charge in [0, 0.05) is 16.9 Å². The summed E-state index contributed by atoms with van der Waals surface area (Å²) in [7, 11) is 0. The number of fused-ring (bicyclic) bond motifs is 4. The van der Waals surface area contributed by atoms with Crippen molar-refractivity contribution in [1.82, 2.24) is 0 Å². The Labute approximate surface area is 287 Å². The molecule has 0 atom stereocenters. The van der Waals surface area contributed by atoms with E-state index in [1.807, 2.05) is 0 Å². The van der Waals surface area contributed by atoms with Crippen LogP contribution in [0.4, 0.5) is 17.1 Å². The van der Waals surface area contributed by atoms with E-state index in [-0.39, 0.29) is 0 Å². The van der Waals surface area contributed by atoms with Gasteiger partial charge in [-0.25, -0.2) is 0 Å². The smallest absolute Gasteiger partial charge is 0.0546 e. The third kappa shape index (κ3) is 5.23. The fraction of sp³-hybridized carbons (Fsp3) is 0. The Kier molecular flexibility index (Phi) is 7.22. The molecule has 0 aromatic heterocycles. The van der Waals surface area contributed by atoms with Crippen molar-refractivity contribution < 1.29 is 0 Å². The first kappa shape index (κ1) is 28.8. The van der Waals surface area contributed by atoms with Gasteiger partial charge in [-0.1, -0.05) is 164 Å². The van der Waals surface area contributed by atoms with Gasteiger partial charge in [-0.3, -0.25) is 0 Å². The predicted molar refractivity (Wildman–Crippen MR) is 210 cm³/mol. The molecule has 0 aliphatic heterocycles. The minimum absolute atomic E-state index is 1.11. The number of hydrogen-bond acceptors (Lipinski definition) is 1. The van der Waals surface area contributed by atoms with Crippen molar-refractivity contribution in [2.24, 2.45) is 0 Å². The van der Waals surface area contributed by atoms with Crippen molar-refractivity contribution in [2.45, 2.75) is 0 Å². The normalized spacial score (nSPS) is 11.3. The van der Waals surface area contributed by atoms with Crippen molar-refractivity contribution in [2.75, 3.05) is 4.90 Å². The molecule has 0 amide bonds. The highest BCUT2D eigenvalue weighted by Crippen LogP contribution is 2.45.